The van der Waals surface area contributed by atoms with Crippen LogP contribution in [0.4, 0.5) is 17.6 Å². The minimum atomic E-state index is -2.13. The fraction of sp³-hybridized carbons (Fsp3) is 0.176. The van der Waals surface area contributed by atoms with Gasteiger partial charge in [-0.25, -0.2) is 22.2 Å². The van der Waals surface area contributed by atoms with Gasteiger partial charge in [0.25, 0.3) is 5.03 Å². The summed E-state index contributed by atoms with van der Waals surface area (Å²) in [5.41, 5.74) is -1.79. The minimum Gasteiger partial charge on any atom is -0.618 e. The standard InChI is InChI=1S/C17H11F4NO5S/c1-2-26-17(23)10-8(7-28(25)9-5-3-4-6-22(9)24)27-16-11(10)12(18)13(19)14(20)15(16)21/h3-6H,2,7H2,1H3. The number of nitrogens with zero attached hydrogens (tertiary/aromatic N) is 1. The Balaban J connectivity index is 2.22. The number of furan rings is 1. The summed E-state index contributed by atoms with van der Waals surface area (Å²) in [5.74, 6) is -10.4. The van der Waals surface area contributed by atoms with Crippen LogP contribution in [-0.4, -0.2) is 16.8 Å². The number of benzene rings is 1. The van der Waals surface area contributed by atoms with Crippen LogP contribution in [0.5, 0.6) is 0 Å². The zero-order valence-corrected chi connectivity index (χ0v) is 14.9. The SMILES string of the molecule is CCOC(=O)c1c(CS(=O)c2cccc[n+]2[O-])oc2c(F)c(F)c(F)c(F)c12. The van der Waals surface area contributed by atoms with Crippen LogP contribution < -0.4 is 4.73 Å². The number of hydrogen-bond acceptors (Lipinski definition) is 5. The summed E-state index contributed by atoms with van der Waals surface area (Å²) in [6.07, 6.45) is 1.07. The predicted octanol–water partition coefficient (Wildman–Crippen LogP) is 3.11. The minimum absolute atomic E-state index is 0.166. The molecule has 2 heterocycles. The van der Waals surface area contributed by atoms with E-state index in [0.29, 0.717) is 4.73 Å². The summed E-state index contributed by atoms with van der Waals surface area (Å²) in [4.78, 5) is 12.2. The molecule has 1 aromatic carbocycles. The second-order valence-corrected chi connectivity index (χ2v) is 6.83. The number of aromatic nitrogens is 1. The molecule has 148 valence electrons. The summed E-state index contributed by atoms with van der Waals surface area (Å²) in [6.45, 7) is 1.26. The second kappa shape index (κ2) is 7.58. The molecule has 6 nitrogen and oxygen atoms in total. The predicted molar refractivity (Wildman–Crippen MR) is 87.5 cm³/mol. The third kappa shape index (κ3) is 3.21. The van der Waals surface area contributed by atoms with E-state index in [1.807, 2.05) is 0 Å². The molecule has 1 atom stereocenters. The first-order chi connectivity index (χ1) is 13.3. The Morgan fingerprint density at radius 3 is 2.50 bits per heavy atom. The number of fused-ring (bicyclic) bond motifs is 1. The zero-order chi connectivity index (χ0) is 20.6. The normalized spacial score (nSPS) is 12.3. The third-order valence-corrected chi connectivity index (χ3v) is 5.05. The molecule has 0 bridgehead atoms. The van der Waals surface area contributed by atoms with Crippen molar-refractivity contribution in [1.29, 1.82) is 0 Å². The van der Waals surface area contributed by atoms with E-state index in [1.54, 1.807) is 0 Å². The summed E-state index contributed by atoms with van der Waals surface area (Å²) < 4.78 is 78.0. The van der Waals surface area contributed by atoms with Gasteiger partial charge in [0.1, 0.15) is 22.1 Å². The molecule has 0 spiro atoms. The smallest absolute Gasteiger partial charge is 0.342 e. The topological polar surface area (TPSA) is 83.5 Å². The van der Waals surface area contributed by atoms with Crippen molar-refractivity contribution in [3.63, 3.8) is 0 Å². The molecule has 0 N–H and O–H groups in total. The number of carbonyl (C=O) groups excluding carboxylic acids is 1. The van der Waals surface area contributed by atoms with Crippen molar-refractivity contribution >= 4 is 27.7 Å². The first kappa shape index (κ1) is 19.8. The van der Waals surface area contributed by atoms with Crippen LogP contribution in [0.1, 0.15) is 23.0 Å². The molecule has 0 radical (unpaired) electrons. The van der Waals surface area contributed by atoms with Crippen LogP contribution >= 0.6 is 0 Å². The number of rotatable bonds is 5. The fourth-order valence-corrected chi connectivity index (χ4v) is 3.63. The van der Waals surface area contributed by atoms with E-state index < -0.39 is 68.1 Å². The molecule has 2 aromatic heterocycles. The van der Waals surface area contributed by atoms with Gasteiger partial charge in [-0.15, -0.1) is 0 Å². The van der Waals surface area contributed by atoms with Crippen molar-refractivity contribution < 1.29 is 40.4 Å². The Morgan fingerprint density at radius 1 is 1.18 bits per heavy atom. The maximum atomic E-state index is 14.3. The van der Waals surface area contributed by atoms with Crippen molar-refractivity contribution in [2.75, 3.05) is 6.61 Å². The lowest BCUT2D eigenvalue weighted by atomic mass is 10.1. The van der Waals surface area contributed by atoms with Gasteiger partial charge >= 0.3 is 5.97 Å². The highest BCUT2D eigenvalue weighted by Crippen LogP contribution is 2.35. The van der Waals surface area contributed by atoms with Crippen LogP contribution in [0.2, 0.25) is 0 Å². The highest BCUT2D eigenvalue weighted by atomic mass is 32.2. The quantitative estimate of drug-likeness (QED) is 0.159. The molecule has 3 rings (SSSR count). The molecule has 0 aliphatic heterocycles. The fourth-order valence-electron chi connectivity index (χ4n) is 2.55. The van der Waals surface area contributed by atoms with E-state index in [-0.39, 0.29) is 11.6 Å². The monoisotopic (exact) mass is 417 g/mol. The first-order valence-electron chi connectivity index (χ1n) is 7.78. The van der Waals surface area contributed by atoms with Gasteiger partial charge in [0.15, 0.2) is 23.4 Å². The van der Waals surface area contributed by atoms with Crippen LogP contribution in [0, 0.1) is 28.5 Å². The maximum Gasteiger partial charge on any atom is 0.342 e. The van der Waals surface area contributed by atoms with E-state index in [4.69, 9.17) is 9.15 Å². The van der Waals surface area contributed by atoms with Gasteiger partial charge in [-0.1, -0.05) is 0 Å². The van der Waals surface area contributed by atoms with Crippen LogP contribution in [0.15, 0.2) is 33.8 Å². The van der Waals surface area contributed by atoms with Crippen LogP contribution in [-0.2, 0) is 21.3 Å². The van der Waals surface area contributed by atoms with Crippen LogP contribution in [0.3, 0.4) is 0 Å². The van der Waals surface area contributed by atoms with Crippen molar-refractivity contribution in [2.45, 2.75) is 17.7 Å². The van der Waals surface area contributed by atoms with Gasteiger partial charge in [0.2, 0.25) is 11.6 Å². The maximum absolute atomic E-state index is 14.3. The highest BCUT2D eigenvalue weighted by Gasteiger charge is 2.33. The Hall–Kier alpha value is -2.95. The lowest BCUT2D eigenvalue weighted by Gasteiger charge is -2.05. The number of hydrogen-bond donors (Lipinski definition) is 0. The zero-order valence-electron chi connectivity index (χ0n) is 14.1. The molecule has 28 heavy (non-hydrogen) atoms. The Kier molecular flexibility index (Phi) is 5.36. The van der Waals surface area contributed by atoms with Gasteiger partial charge < -0.3 is 14.4 Å². The lowest BCUT2D eigenvalue weighted by Crippen LogP contribution is -2.31. The molecule has 1 unspecified atom stereocenters. The summed E-state index contributed by atoms with van der Waals surface area (Å²) in [7, 11) is -2.11. The molecule has 11 heteroatoms. The molecular weight excluding hydrogens is 406 g/mol. The van der Waals surface area contributed by atoms with Gasteiger partial charge in [-0.05, 0) is 13.0 Å². The number of carbonyl (C=O) groups is 1. The Labute approximate surface area is 157 Å². The summed E-state index contributed by atoms with van der Waals surface area (Å²) in [6, 6.07) is 4.04. The molecule has 0 amide bonds. The van der Waals surface area contributed by atoms with E-state index in [0.717, 1.165) is 6.20 Å². The van der Waals surface area contributed by atoms with Crippen LogP contribution in [0.25, 0.3) is 11.0 Å². The number of halogens is 4. The average Bonchev–Trinajstić information content (AvgIpc) is 3.04. The van der Waals surface area contributed by atoms with E-state index in [9.17, 15) is 31.8 Å². The Bertz CT molecular complexity index is 1110. The molecule has 0 aliphatic rings. The first-order valence-corrected chi connectivity index (χ1v) is 9.10. The van der Waals surface area contributed by atoms with Crippen molar-refractivity contribution in [1.82, 2.24) is 0 Å². The molecule has 0 aliphatic carbocycles. The molecular formula is C17H11F4NO5S. The van der Waals surface area contributed by atoms with E-state index in [1.165, 1.54) is 25.1 Å². The highest BCUT2D eigenvalue weighted by molar-refractivity contribution is 7.84. The lowest BCUT2D eigenvalue weighted by molar-refractivity contribution is -0.646. The summed E-state index contributed by atoms with van der Waals surface area (Å²) >= 11 is 0. The largest absolute Gasteiger partial charge is 0.618 e. The molecule has 0 saturated carbocycles. The second-order valence-electron chi connectivity index (χ2n) is 5.44. The number of pyridine rings is 1. The van der Waals surface area contributed by atoms with Crippen molar-refractivity contribution in [2.24, 2.45) is 0 Å². The van der Waals surface area contributed by atoms with Gasteiger partial charge in [-0.2, -0.15) is 9.12 Å². The van der Waals surface area contributed by atoms with Crippen molar-refractivity contribution in [3.8, 4) is 0 Å². The van der Waals surface area contributed by atoms with Gasteiger partial charge in [-0.3, -0.25) is 0 Å². The Morgan fingerprint density at radius 2 is 1.86 bits per heavy atom. The van der Waals surface area contributed by atoms with Gasteiger partial charge in [0, 0.05) is 12.1 Å². The number of ether oxygens (including phenoxy) is 1. The van der Waals surface area contributed by atoms with Crippen molar-refractivity contribution in [3.05, 3.63) is 64.2 Å². The summed E-state index contributed by atoms with van der Waals surface area (Å²) in [5, 5.41) is 10.5. The van der Waals surface area contributed by atoms with Gasteiger partial charge in [0.05, 0.1) is 17.7 Å². The molecule has 0 fully saturated rings. The van der Waals surface area contributed by atoms with E-state index in [2.05, 4.69) is 0 Å². The van der Waals surface area contributed by atoms with E-state index >= 15 is 0 Å². The molecule has 0 saturated heterocycles. The third-order valence-electron chi connectivity index (χ3n) is 3.74. The molecule has 3 aromatic rings. The average molecular weight is 417 g/mol. The number of esters is 1.